The van der Waals surface area contributed by atoms with Crippen molar-refractivity contribution in [2.24, 2.45) is 5.11 Å². The third kappa shape index (κ3) is 5.07. The number of rotatable bonds is 6. The van der Waals surface area contributed by atoms with Gasteiger partial charge in [0.1, 0.15) is 6.61 Å². The van der Waals surface area contributed by atoms with E-state index >= 15 is 0 Å². The Morgan fingerprint density at radius 1 is 1.03 bits per heavy atom. The van der Waals surface area contributed by atoms with E-state index in [4.69, 9.17) is 10.3 Å². The van der Waals surface area contributed by atoms with Gasteiger partial charge in [-0.2, -0.15) is 0 Å². The Hall–Kier alpha value is -3.95. The highest BCUT2D eigenvalue weighted by Crippen LogP contribution is 2.44. The van der Waals surface area contributed by atoms with Crippen LogP contribution >= 0.6 is 0 Å². The van der Waals surface area contributed by atoms with Crippen LogP contribution in [0.25, 0.3) is 21.6 Å². The topological polar surface area (TPSA) is 81.5 Å². The number of hydrogen-bond acceptors (Lipinski definition) is 4. The first-order chi connectivity index (χ1) is 18.3. The molecule has 0 N–H and O–H groups in total. The average molecular weight is 520 g/mol. The highest BCUT2D eigenvalue weighted by atomic mass is 19.4. The molecule has 7 nitrogen and oxygen atoms in total. The monoisotopic (exact) mass is 520 g/mol. The van der Waals surface area contributed by atoms with E-state index in [1.807, 2.05) is 29.2 Å². The van der Waals surface area contributed by atoms with E-state index in [0.29, 0.717) is 31.7 Å². The summed E-state index contributed by atoms with van der Waals surface area (Å²) < 4.78 is 46.5. The van der Waals surface area contributed by atoms with Gasteiger partial charge in [-0.15, -0.1) is 5.46 Å². The van der Waals surface area contributed by atoms with Gasteiger partial charge in [0, 0.05) is 49.2 Å². The van der Waals surface area contributed by atoms with Gasteiger partial charge in [-0.1, -0.05) is 65.3 Å². The molecule has 5 rings (SSSR count). The molecule has 0 bridgehead atoms. The van der Waals surface area contributed by atoms with Gasteiger partial charge >= 0.3 is 13.1 Å². The third-order valence-corrected chi connectivity index (χ3v) is 7.36. The molecule has 1 heterocycles. The largest absolute Gasteiger partial charge is 0.509 e. The molecule has 0 unspecified atom stereocenters. The first kappa shape index (κ1) is 25.7. The molecule has 1 fully saturated rings. The summed E-state index contributed by atoms with van der Waals surface area (Å²) in [7, 11) is 0. The molecule has 11 heteroatoms. The van der Waals surface area contributed by atoms with Crippen molar-refractivity contribution in [3.8, 4) is 11.1 Å². The van der Waals surface area contributed by atoms with Gasteiger partial charge in [-0.3, -0.25) is 4.90 Å². The summed E-state index contributed by atoms with van der Waals surface area (Å²) in [6.45, 7) is -1.66. The lowest BCUT2D eigenvalue weighted by molar-refractivity contribution is 0.0728. The SMILES string of the molecule is Cc1c(N=[N+]=[N-])cc(CN2CCN(C(=O)OCC3c4ccccc4-c4ccccc43)CC2)cc1[B-](F)(F)F. The molecule has 38 heavy (non-hydrogen) atoms. The fourth-order valence-corrected chi connectivity index (χ4v) is 5.40. The van der Waals surface area contributed by atoms with Crippen LogP contribution in [0, 0.1) is 6.92 Å². The molecular weight excluding hydrogens is 494 g/mol. The van der Waals surface area contributed by atoms with Crippen molar-refractivity contribution in [3.05, 3.63) is 93.4 Å². The summed E-state index contributed by atoms with van der Waals surface area (Å²) >= 11 is 0. The minimum atomic E-state index is -5.25. The van der Waals surface area contributed by atoms with Crippen LogP contribution in [0.3, 0.4) is 0 Å². The molecule has 0 aromatic heterocycles. The average Bonchev–Trinajstić information content (AvgIpc) is 3.22. The van der Waals surface area contributed by atoms with Crippen LogP contribution in [0.4, 0.5) is 23.4 Å². The highest BCUT2D eigenvalue weighted by molar-refractivity contribution is 6.74. The lowest BCUT2D eigenvalue weighted by atomic mass is 9.76. The van der Waals surface area contributed by atoms with Crippen LogP contribution < -0.4 is 5.46 Å². The number of carbonyl (C=O) groups is 1. The summed E-state index contributed by atoms with van der Waals surface area (Å²) in [6, 6.07) is 18.9. The molecule has 0 radical (unpaired) electrons. The molecule has 3 aromatic rings. The molecule has 3 aromatic carbocycles. The van der Waals surface area contributed by atoms with Gasteiger partial charge in [-0.05, 0) is 46.3 Å². The smallest absolute Gasteiger partial charge is 0.448 e. The number of nitrogens with zero attached hydrogens (tertiary/aromatic N) is 5. The quantitative estimate of drug-likeness (QED) is 0.172. The van der Waals surface area contributed by atoms with Crippen LogP contribution in [-0.4, -0.2) is 55.7 Å². The second-order valence-electron chi connectivity index (χ2n) is 9.66. The van der Waals surface area contributed by atoms with Gasteiger partial charge in [-0.25, -0.2) is 4.79 Å². The Kier molecular flexibility index (Phi) is 7.05. The Labute approximate surface area is 218 Å². The van der Waals surface area contributed by atoms with Crippen LogP contribution in [-0.2, 0) is 11.3 Å². The Balaban J connectivity index is 1.20. The fraction of sp³-hybridized carbons (Fsp3) is 0.296. The number of halogens is 3. The van der Waals surface area contributed by atoms with Gasteiger partial charge in [0.15, 0.2) is 0 Å². The normalized spacial score (nSPS) is 15.5. The zero-order chi connectivity index (χ0) is 26.9. The standard InChI is InChI=1S/C27H26BF3N5O2/c1-18-25(28(29,30)31)14-19(15-26(18)33-34-32)16-35-10-12-36(13-11-35)27(37)38-17-24-22-8-4-2-6-20(22)21-7-3-5-9-23(21)24/h2-9,14-15,24H,10-13,16-17H2,1H3/q-1. The molecule has 1 saturated heterocycles. The predicted octanol–water partition coefficient (Wildman–Crippen LogP) is 6.06. The van der Waals surface area contributed by atoms with E-state index < -0.39 is 18.5 Å². The van der Waals surface area contributed by atoms with Crippen LogP contribution in [0.1, 0.15) is 28.2 Å². The first-order valence-corrected chi connectivity index (χ1v) is 12.5. The molecule has 1 aliphatic heterocycles. The van der Waals surface area contributed by atoms with E-state index in [1.165, 1.54) is 13.0 Å². The summed E-state index contributed by atoms with van der Waals surface area (Å²) in [6.07, 6.45) is -0.394. The molecule has 2 aliphatic rings. The number of ether oxygens (including phenoxy) is 1. The lowest BCUT2D eigenvalue weighted by Crippen LogP contribution is -2.48. The van der Waals surface area contributed by atoms with Crippen molar-refractivity contribution in [2.75, 3.05) is 32.8 Å². The minimum Gasteiger partial charge on any atom is -0.448 e. The number of hydrogen-bond donors (Lipinski definition) is 0. The first-order valence-electron chi connectivity index (χ1n) is 12.5. The second-order valence-corrected chi connectivity index (χ2v) is 9.66. The summed E-state index contributed by atoms with van der Waals surface area (Å²) in [5.41, 5.74) is 13.0. The number of amides is 1. The summed E-state index contributed by atoms with van der Waals surface area (Å²) in [5, 5.41) is 3.45. The zero-order valence-electron chi connectivity index (χ0n) is 20.9. The van der Waals surface area contributed by atoms with Crippen molar-refractivity contribution in [2.45, 2.75) is 19.4 Å². The summed E-state index contributed by atoms with van der Waals surface area (Å²) in [4.78, 5) is 19.1. The Bertz CT molecular complexity index is 1370. The maximum absolute atomic E-state index is 13.6. The molecule has 0 saturated carbocycles. The van der Waals surface area contributed by atoms with Crippen molar-refractivity contribution >= 4 is 24.2 Å². The molecule has 0 atom stereocenters. The Morgan fingerprint density at radius 2 is 1.63 bits per heavy atom. The van der Waals surface area contributed by atoms with Gasteiger partial charge in [0.25, 0.3) is 0 Å². The summed E-state index contributed by atoms with van der Waals surface area (Å²) in [5.74, 6) is -0.0242. The molecule has 1 amide bonds. The predicted molar refractivity (Wildman–Crippen MR) is 141 cm³/mol. The maximum atomic E-state index is 13.6. The van der Waals surface area contributed by atoms with Crippen molar-refractivity contribution < 1.29 is 22.5 Å². The van der Waals surface area contributed by atoms with Gasteiger partial charge in [0.2, 0.25) is 0 Å². The van der Waals surface area contributed by atoms with Gasteiger partial charge < -0.3 is 22.6 Å². The second kappa shape index (κ2) is 10.4. The van der Waals surface area contributed by atoms with E-state index in [1.54, 1.807) is 4.90 Å². The third-order valence-electron chi connectivity index (χ3n) is 7.36. The van der Waals surface area contributed by atoms with E-state index in [-0.39, 0.29) is 30.3 Å². The fourth-order valence-electron chi connectivity index (χ4n) is 5.40. The number of benzene rings is 3. The number of azide groups is 1. The van der Waals surface area contributed by atoms with E-state index in [9.17, 15) is 17.7 Å². The highest BCUT2D eigenvalue weighted by Gasteiger charge is 2.31. The van der Waals surface area contributed by atoms with Crippen molar-refractivity contribution in [1.29, 1.82) is 0 Å². The number of piperazine rings is 1. The van der Waals surface area contributed by atoms with E-state index in [0.717, 1.165) is 28.3 Å². The maximum Gasteiger partial charge on any atom is 0.509 e. The van der Waals surface area contributed by atoms with Crippen LogP contribution in [0.5, 0.6) is 0 Å². The lowest BCUT2D eigenvalue weighted by Gasteiger charge is -2.34. The van der Waals surface area contributed by atoms with Crippen molar-refractivity contribution in [3.63, 3.8) is 0 Å². The molecule has 0 spiro atoms. The zero-order valence-corrected chi connectivity index (χ0v) is 20.9. The van der Waals surface area contributed by atoms with Crippen LogP contribution in [0.2, 0.25) is 0 Å². The Morgan fingerprint density at radius 3 is 2.21 bits per heavy atom. The van der Waals surface area contributed by atoms with Crippen molar-refractivity contribution in [1.82, 2.24) is 9.80 Å². The molecular formula is C27H26BF3N5O2-. The molecule has 196 valence electrons. The van der Waals surface area contributed by atoms with Gasteiger partial charge in [0.05, 0.1) is 0 Å². The van der Waals surface area contributed by atoms with E-state index in [2.05, 4.69) is 34.3 Å². The molecule has 1 aliphatic carbocycles. The number of fused-ring (bicyclic) bond motifs is 3. The van der Waals surface area contributed by atoms with Crippen LogP contribution in [0.15, 0.2) is 65.8 Å². The minimum absolute atomic E-state index is 0.0172. The number of carbonyl (C=O) groups excluding carboxylic acids is 1.